The number of amides is 2. The van der Waals surface area contributed by atoms with Crippen molar-refractivity contribution in [2.24, 2.45) is 0 Å². The topological polar surface area (TPSA) is 91.2 Å². The van der Waals surface area contributed by atoms with Crippen LogP contribution < -0.4 is 10.6 Å². The number of nitrogens with zero attached hydrogens (tertiary/aromatic N) is 1. The number of ether oxygens (including phenoxy) is 1. The zero-order valence-electron chi connectivity index (χ0n) is 10.6. The lowest BCUT2D eigenvalue weighted by Gasteiger charge is -2.16. The molecule has 0 aliphatic carbocycles. The van der Waals surface area contributed by atoms with Gasteiger partial charge in [-0.25, -0.2) is 4.79 Å². The van der Waals surface area contributed by atoms with E-state index < -0.39 is 0 Å². The van der Waals surface area contributed by atoms with E-state index in [1.807, 2.05) is 11.8 Å². The van der Waals surface area contributed by atoms with Crippen LogP contribution in [0, 0.1) is 11.3 Å². The molecule has 0 aromatic carbocycles. The Labute approximate surface area is 116 Å². The molecule has 2 aliphatic rings. The fraction of sp³-hybridized carbons (Fsp3) is 0.750. The summed E-state index contributed by atoms with van der Waals surface area (Å²) < 4.78 is 4.67. The number of hydrogen-bond donors (Lipinski definition) is 2. The van der Waals surface area contributed by atoms with Crippen LogP contribution in [0.25, 0.3) is 0 Å². The van der Waals surface area contributed by atoms with E-state index in [4.69, 9.17) is 5.26 Å². The summed E-state index contributed by atoms with van der Waals surface area (Å²) >= 11 is 1.87. The Bertz CT molecular complexity index is 396. The van der Waals surface area contributed by atoms with E-state index in [0.29, 0.717) is 11.7 Å². The van der Waals surface area contributed by atoms with Gasteiger partial charge in [0.1, 0.15) is 6.07 Å². The first kappa shape index (κ1) is 14.0. The van der Waals surface area contributed by atoms with Gasteiger partial charge in [0.15, 0.2) is 6.61 Å². The van der Waals surface area contributed by atoms with Gasteiger partial charge in [-0.15, -0.1) is 0 Å². The number of thioether (sulfide) groups is 1. The summed E-state index contributed by atoms with van der Waals surface area (Å²) in [6.07, 6.45) is 3.04. The summed E-state index contributed by atoms with van der Waals surface area (Å²) in [5, 5.41) is 14.5. The van der Waals surface area contributed by atoms with Crippen molar-refractivity contribution in [2.45, 2.75) is 43.0 Å². The predicted molar refractivity (Wildman–Crippen MR) is 70.5 cm³/mol. The van der Waals surface area contributed by atoms with Gasteiger partial charge in [-0.3, -0.25) is 4.79 Å². The van der Waals surface area contributed by atoms with Gasteiger partial charge in [0.2, 0.25) is 0 Å². The quantitative estimate of drug-likeness (QED) is 0.427. The number of nitriles is 1. The Morgan fingerprint density at radius 3 is 3.11 bits per heavy atom. The van der Waals surface area contributed by atoms with Gasteiger partial charge >= 0.3 is 12.0 Å². The van der Waals surface area contributed by atoms with Crippen LogP contribution in [-0.2, 0) is 9.53 Å². The minimum atomic E-state index is -0.311. The minimum Gasteiger partial charge on any atom is -0.450 e. The van der Waals surface area contributed by atoms with Crippen LogP contribution in [0.1, 0.15) is 25.7 Å². The molecule has 7 heteroatoms. The van der Waals surface area contributed by atoms with Gasteiger partial charge in [0.05, 0.1) is 12.1 Å². The summed E-state index contributed by atoms with van der Waals surface area (Å²) in [7, 11) is 0. The molecule has 0 unspecified atom stereocenters. The molecule has 2 aliphatic heterocycles. The fourth-order valence-corrected chi connectivity index (χ4v) is 3.99. The van der Waals surface area contributed by atoms with E-state index in [2.05, 4.69) is 15.4 Å². The Morgan fingerprint density at radius 2 is 2.32 bits per heavy atom. The molecular weight excluding hydrogens is 266 g/mol. The van der Waals surface area contributed by atoms with Crippen molar-refractivity contribution in [1.82, 2.24) is 10.6 Å². The lowest BCUT2D eigenvalue weighted by molar-refractivity contribution is -0.142. The highest BCUT2D eigenvalue weighted by Crippen LogP contribution is 2.33. The number of esters is 1. The van der Waals surface area contributed by atoms with Crippen molar-refractivity contribution >= 4 is 23.8 Å². The standard InChI is InChI=1S/C12H17N3O3S/c13-5-6-18-10(16)4-2-1-3-9-11-8(7-19-9)14-12(17)15-11/h8-9,11H,1-4,6-7H2,(H2,14,15,17)/t8-,9-,11-/m0/s1. The van der Waals surface area contributed by atoms with Crippen molar-refractivity contribution in [2.75, 3.05) is 12.4 Å². The third kappa shape index (κ3) is 3.77. The zero-order chi connectivity index (χ0) is 13.7. The molecule has 2 amide bonds. The third-order valence-corrected chi connectivity index (χ3v) is 4.86. The van der Waals surface area contributed by atoms with Crippen LogP contribution in [0.5, 0.6) is 0 Å². The number of carbonyl (C=O) groups is 2. The number of rotatable bonds is 6. The second kappa shape index (κ2) is 6.66. The first-order valence-electron chi connectivity index (χ1n) is 6.42. The van der Waals surface area contributed by atoms with Crippen molar-refractivity contribution in [3.8, 4) is 6.07 Å². The van der Waals surface area contributed by atoms with E-state index in [1.54, 1.807) is 6.07 Å². The van der Waals surface area contributed by atoms with Gasteiger partial charge in [-0.1, -0.05) is 6.42 Å². The molecule has 0 aromatic heterocycles. The maximum atomic E-state index is 11.2. The molecule has 0 bridgehead atoms. The summed E-state index contributed by atoms with van der Waals surface area (Å²) in [4.78, 5) is 22.4. The highest BCUT2D eigenvalue weighted by molar-refractivity contribution is 8.00. The first-order chi connectivity index (χ1) is 9.20. The first-order valence-corrected chi connectivity index (χ1v) is 7.47. The Morgan fingerprint density at radius 1 is 1.47 bits per heavy atom. The van der Waals surface area contributed by atoms with E-state index in [9.17, 15) is 9.59 Å². The van der Waals surface area contributed by atoms with E-state index in [-0.39, 0.29) is 30.7 Å². The maximum absolute atomic E-state index is 11.2. The van der Waals surface area contributed by atoms with Crippen LogP contribution >= 0.6 is 11.8 Å². The molecule has 104 valence electrons. The predicted octanol–water partition coefficient (Wildman–Crippen LogP) is 0.779. The second-order valence-corrected chi connectivity index (χ2v) is 5.96. The van der Waals surface area contributed by atoms with Gasteiger partial charge in [-0.2, -0.15) is 17.0 Å². The monoisotopic (exact) mass is 283 g/mol. The van der Waals surface area contributed by atoms with Crippen LogP contribution in [0.3, 0.4) is 0 Å². The van der Waals surface area contributed by atoms with Crippen molar-refractivity contribution in [3.63, 3.8) is 0 Å². The summed E-state index contributed by atoms with van der Waals surface area (Å²) in [6.45, 7) is -0.168. The molecule has 3 atom stereocenters. The molecule has 2 fully saturated rings. The van der Waals surface area contributed by atoms with Crippen LogP contribution in [0.4, 0.5) is 4.79 Å². The smallest absolute Gasteiger partial charge is 0.315 e. The van der Waals surface area contributed by atoms with E-state index in [0.717, 1.165) is 25.0 Å². The molecule has 2 saturated heterocycles. The molecule has 2 rings (SSSR count). The average Bonchev–Trinajstić information content (AvgIpc) is 2.92. The summed E-state index contributed by atoms with van der Waals surface area (Å²) in [5.41, 5.74) is 0. The number of fused-ring (bicyclic) bond motifs is 1. The summed E-state index contributed by atoms with van der Waals surface area (Å²) in [5.74, 6) is 0.646. The molecule has 0 spiro atoms. The highest BCUT2D eigenvalue weighted by Gasteiger charge is 2.42. The Kier molecular flexibility index (Phi) is 4.91. The van der Waals surface area contributed by atoms with E-state index >= 15 is 0 Å². The van der Waals surface area contributed by atoms with Crippen molar-refractivity contribution < 1.29 is 14.3 Å². The molecule has 6 nitrogen and oxygen atoms in total. The summed E-state index contributed by atoms with van der Waals surface area (Å²) in [6, 6.07) is 2.18. The molecular formula is C12H17N3O3S. The van der Waals surface area contributed by atoms with Gasteiger partial charge in [0.25, 0.3) is 0 Å². The fourth-order valence-electron chi connectivity index (χ4n) is 2.44. The lowest BCUT2D eigenvalue weighted by Crippen LogP contribution is -2.36. The molecule has 19 heavy (non-hydrogen) atoms. The van der Waals surface area contributed by atoms with Gasteiger partial charge < -0.3 is 15.4 Å². The normalized spacial score (nSPS) is 28.2. The van der Waals surface area contributed by atoms with E-state index in [1.165, 1.54) is 0 Å². The Hall–Kier alpha value is -1.42. The molecule has 2 N–H and O–H groups in total. The molecule has 0 aromatic rings. The minimum absolute atomic E-state index is 0.0691. The number of carbonyl (C=O) groups excluding carboxylic acids is 2. The van der Waals surface area contributed by atoms with Gasteiger partial charge in [-0.05, 0) is 12.8 Å². The number of hydrogen-bond acceptors (Lipinski definition) is 5. The molecule has 0 radical (unpaired) electrons. The van der Waals surface area contributed by atoms with Crippen LogP contribution in [0.2, 0.25) is 0 Å². The number of urea groups is 1. The zero-order valence-corrected chi connectivity index (χ0v) is 11.4. The number of unbranched alkanes of at least 4 members (excludes halogenated alkanes) is 1. The molecule has 2 heterocycles. The molecule has 0 saturated carbocycles. The number of nitrogens with one attached hydrogen (secondary N) is 2. The Balaban J connectivity index is 1.60. The van der Waals surface area contributed by atoms with Crippen LogP contribution in [0.15, 0.2) is 0 Å². The maximum Gasteiger partial charge on any atom is 0.315 e. The van der Waals surface area contributed by atoms with Crippen molar-refractivity contribution in [3.05, 3.63) is 0 Å². The highest BCUT2D eigenvalue weighted by atomic mass is 32.2. The lowest BCUT2D eigenvalue weighted by atomic mass is 10.0. The second-order valence-electron chi connectivity index (χ2n) is 4.69. The average molecular weight is 283 g/mol. The third-order valence-electron chi connectivity index (χ3n) is 3.36. The largest absolute Gasteiger partial charge is 0.450 e. The van der Waals surface area contributed by atoms with Gasteiger partial charge in [0, 0.05) is 17.4 Å². The van der Waals surface area contributed by atoms with Crippen molar-refractivity contribution in [1.29, 1.82) is 5.26 Å². The van der Waals surface area contributed by atoms with Crippen LogP contribution in [-0.4, -0.2) is 41.7 Å². The SMILES string of the molecule is N#CCOC(=O)CCCC[C@@H]1SC[C@@H]2NC(=O)N[C@@H]21.